The first kappa shape index (κ1) is 13.9. The lowest BCUT2D eigenvalue weighted by Gasteiger charge is -2.11. The van der Waals surface area contributed by atoms with Crippen LogP contribution in [0.1, 0.15) is 5.56 Å². The minimum absolute atomic E-state index is 0.603. The smallest absolute Gasteiger partial charge is 0.187 e. The third kappa shape index (κ3) is 2.55. The summed E-state index contributed by atoms with van der Waals surface area (Å²) in [6, 6.07) is 19.2. The molecular weight excluding hydrogens is 300 g/mol. The molecule has 0 saturated heterocycles. The van der Waals surface area contributed by atoms with Gasteiger partial charge < -0.3 is 0 Å². The summed E-state index contributed by atoms with van der Waals surface area (Å²) in [5.41, 5.74) is 7.34. The highest BCUT2D eigenvalue weighted by Gasteiger charge is 2.16. The minimum atomic E-state index is 0.603. The molecule has 0 bridgehead atoms. The van der Waals surface area contributed by atoms with Crippen LogP contribution in [-0.2, 0) is 0 Å². The first-order valence-corrected chi connectivity index (χ1v) is 7.36. The number of anilines is 1. The van der Waals surface area contributed by atoms with Gasteiger partial charge in [0.25, 0.3) is 0 Å². The largest absolute Gasteiger partial charge is 0.293 e. The second-order valence-corrected chi connectivity index (χ2v) is 5.23. The summed E-state index contributed by atoms with van der Waals surface area (Å²) in [5, 5.41) is 17.2. The molecule has 0 unspecified atom stereocenters. The van der Waals surface area contributed by atoms with Gasteiger partial charge in [0.05, 0.1) is 22.9 Å². The van der Waals surface area contributed by atoms with Crippen LogP contribution in [0.3, 0.4) is 0 Å². The van der Waals surface area contributed by atoms with Crippen LogP contribution in [-0.4, -0.2) is 19.9 Å². The summed E-state index contributed by atoms with van der Waals surface area (Å²) in [5.74, 6) is 0.603. The summed E-state index contributed by atoms with van der Waals surface area (Å²) in [6.45, 7) is 0. The van der Waals surface area contributed by atoms with E-state index in [2.05, 4.69) is 26.7 Å². The number of hydrogen-bond acceptors (Lipinski definition) is 5. The second-order valence-electron chi connectivity index (χ2n) is 5.23. The van der Waals surface area contributed by atoms with Crippen LogP contribution in [0.5, 0.6) is 0 Å². The van der Waals surface area contributed by atoms with Gasteiger partial charge in [-0.05, 0) is 24.3 Å². The van der Waals surface area contributed by atoms with Crippen molar-refractivity contribution in [3.63, 3.8) is 0 Å². The van der Waals surface area contributed by atoms with Crippen molar-refractivity contribution in [3.05, 3.63) is 72.7 Å². The molecular formula is C18H12N6. The van der Waals surface area contributed by atoms with Crippen molar-refractivity contribution in [1.29, 1.82) is 5.26 Å². The lowest BCUT2D eigenvalue weighted by molar-refractivity contribution is 0.894. The van der Waals surface area contributed by atoms with Crippen LogP contribution in [0, 0.1) is 11.3 Å². The molecule has 6 nitrogen and oxygen atoms in total. The number of rotatable bonds is 3. The van der Waals surface area contributed by atoms with Crippen molar-refractivity contribution < 1.29 is 0 Å². The van der Waals surface area contributed by atoms with Gasteiger partial charge in [-0.1, -0.05) is 30.3 Å². The molecule has 0 aliphatic carbocycles. The standard InChI is InChI=1S/C18H12N6/c19-10-13-6-8-15(9-7-13)23-24-11-16-17(14-4-2-1-3-5-14)21-22-18(16)20-12-24/h1-9,11-12,23H. The SMILES string of the molecule is N#Cc1ccc(Nn2cnc3nnc(-c4ccccc4)c-3c2)cc1. The molecule has 0 saturated carbocycles. The molecule has 2 aromatic carbocycles. The van der Waals surface area contributed by atoms with E-state index in [4.69, 9.17) is 5.26 Å². The molecule has 2 aliphatic heterocycles. The predicted octanol–water partition coefficient (Wildman–Crippen LogP) is 3.19. The van der Waals surface area contributed by atoms with Gasteiger partial charge in [0.1, 0.15) is 12.0 Å². The summed E-state index contributed by atoms with van der Waals surface area (Å²) < 4.78 is 1.75. The lowest BCUT2D eigenvalue weighted by Crippen LogP contribution is -2.10. The van der Waals surface area contributed by atoms with Crippen LogP contribution in [0.4, 0.5) is 5.69 Å². The van der Waals surface area contributed by atoms with Crippen molar-refractivity contribution in [2.24, 2.45) is 0 Å². The van der Waals surface area contributed by atoms with Crippen LogP contribution >= 0.6 is 0 Å². The number of nitriles is 1. The van der Waals surface area contributed by atoms with E-state index in [1.54, 1.807) is 23.1 Å². The topological polar surface area (TPSA) is 79.4 Å². The number of nitrogens with zero attached hydrogens (tertiary/aromatic N) is 5. The number of nitrogens with one attached hydrogen (secondary N) is 1. The average molecular weight is 312 g/mol. The van der Waals surface area contributed by atoms with Crippen molar-refractivity contribution in [2.45, 2.75) is 0 Å². The van der Waals surface area contributed by atoms with Gasteiger partial charge in [0.15, 0.2) is 5.82 Å². The third-order valence-corrected chi connectivity index (χ3v) is 3.63. The Hall–Kier alpha value is -3.72. The van der Waals surface area contributed by atoms with Gasteiger partial charge in [-0.2, -0.15) is 5.26 Å². The molecule has 6 heteroatoms. The quantitative estimate of drug-likeness (QED) is 0.628. The first-order valence-electron chi connectivity index (χ1n) is 7.36. The molecule has 114 valence electrons. The Morgan fingerprint density at radius 2 is 1.75 bits per heavy atom. The number of benzene rings is 2. The zero-order valence-corrected chi connectivity index (χ0v) is 12.6. The van der Waals surface area contributed by atoms with Crippen molar-refractivity contribution in [1.82, 2.24) is 19.9 Å². The molecule has 0 spiro atoms. The molecule has 0 radical (unpaired) electrons. The van der Waals surface area contributed by atoms with Gasteiger partial charge in [-0.15, -0.1) is 10.2 Å². The maximum atomic E-state index is 8.85. The monoisotopic (exact) mass is 312 g/mol. The van der Waals surface area contributed by atoms with Crippen LogP contribution in [0.25, 0.3) is 22.6 Å². The molecule has 0 amide bonds. The van der Waals surface area contributed by atoms with Crippen LogP contribution in [0.15, 0.2) is 67.1 Å². The Bertz CT molecular complexity index is 982. The fourth-order valence-electron chi connectivity index (χ4n) is 2.45. The van der Waals surface area contributed by atoms with Crippen LogP contribution < -0.4 is 5.43 Å². The second kappa shape index (κ2) is 5.82. The molecule has 0 atom stereocenters. The fraction of sp³-hybridized carbons (Fsp3) is 0. The zero-order valence-electron chi connectivity index (χ0n) is 12.6. The number of fused-ring (bicyclic) bond motifs is 1. The fourth-order valence-corrected chi connectivity index (χ4v) is 2.45. The Balaban J connectivity index is 1.69. The summed E-state index contributed by atoms with van der Waals surface area (Å²) in [4.78, 5) is 4.33. The predicted molar refractivity (Wildman–Crippen MR) is 90.1 cm³/mol. The van der Waals surface area contributed by atoms with Crippen molar-refractivity contribution in [3.8, 4) is 28.7 Å². The van der Waals surface area contributed by atoms with Crippen molar-refractivity contribution >= 4 is 5.69 Å². The Labute approximate surface area is 138 Å². The number of aromatic nitrogens is 4. The summed E-state index contributed by atoms with van der Waals surface area (Å²) >= 11 is 0. The Morgan fingerprint density at radius 1 is 0.958 bits per heavy atom. The molecule has 24 heavy (non-hydrogen) atoms. The molecule has 0 aromatic heterocycles. The molecule has 1 N–H and O–H groups in total. The van der Waals surface area contributed by atoms with Crippen molar-refractivity contribution in [2.75, 3.05) is 5.43 Å². The number of hydrogen-bond donors (Lipinski definition) is 1. The van der Waals surface area contributed by atoms with E-state index in [9.17, 15) is 0 Å². The zero-order chi connectivity index (χ0) is 16.4. The molecule has 2 heterocycles. The van der Waals surface area contributed by atoms with E-state index >= 15 is 0 Å². The highest BCUT2D eigenvalue weighted by atomic mass is 15.4. The van der Waals surface area contributed by atoms with Gasteiger partial charge >= 0.3 is 0 Å². The molecule has 2 aromatic rings. The van der Waals surface area contributed by atoms with E-state index in [0.29, 0.717) is 11.4 Å². The van der Waals surface area contributed by atoms with Gasteiger partial charge in [-0.25, -0.2) is 4.98 Å². The normalized spacial score (nSPS) is 10.5. The molecule has 2 aliphatic rings. The van der Waals surface area contributed by atoms with Gasteiger partial charge in [0.2, 0.25) is 0 Å². The lowest BCUT2D eigenvalue weighted by atomic mass is 10.1. The molecule has 4 rings (SSSR count). The average Bonchev–Trinajstić information content (AvgIpc) is 3.06. The Morgan fingerprint density at radius 3 is 2.50 bits per heavy atom. The summed E-state index contributed by atoms with van der Waals surface area (Å²) in [6.07, 6.45) is 3.55. The maximum absolute atomic E-state index is 8.85. The highest BCUT2D eigenvalue weighted by Crippen LogP contribution is 2.29. The van der Waals surface area contributed by atoms with Crippen LogP contribution in [0.2, 0.25) is 0 Å². The van der Waals surface area contributed by atoms with Gasteiger partial charge in [0, 0.05) is 11.8 Å². The Kier molecular flexibility index (Phi) is 3.37. The molecule has 0 fully saturated rings. The highest BCUT2D eigenvalue weighted by molar-refractivity contribution is 5.77. The van der Waals surface area contributed by atoms with E-state index in [-0.39, 0.29) is 0 Å². The minimum Gasteiger partial charge on any atom is -0.293 e. The maximum Gasteiger partial charge on any atom is 0.187 e. The van der Waals surface area contributed by atoms with E-state index in [1.807, 2.05) is 48.7 Å². The van der Waals surface area contributed by atoms with E-state index in [1.165, 1.54) is 0 Å². The summed E-state index contributed by atoms with van der Waals surface area (Å²) in [7, 11) is 0. The first-order chi connectivity index (χ1) is 11.8. The third-order valence-electron chi connectivity index (χ3n) is 3.63. The van der Waals surface area contributed by atoms with Gasteiger partial charge in [-0.3, -0.25) is 10.1 Å². The van der Waals surface area contributed by atoms with E-state index < -0.39 is 0 Å². The van der Waals surface area contributed by atoms with E-state index in [0.717, 1.165) is 22.5 Å².